The molecule has 0 saturated heterocycles. The van der Waals surface area contributed by atoms with Crippen molar-refractivity contribution in [1.29, 1.82) is 0 Å². The molecule has 0 unspecified atom stereocenters. The summed E-state index contributed by atoms with van der Waals surface area (Å²) in [7, 11) is -3.31. The Kier molecular flexibility index (Phi) is 3.77. The molecule has 0 fully saturated rings. The van der Waals surface area contributed by atoms with Crippen LogP contribution in [-0.4, -0.2) is 30.4 Å². The van der Waals surface area contributed by atoms with E-state index in [1.54, 1.807) is 12.3 Å². The fraction of sp³-hybridized carbons (Fsp3) is 0.211. The first-order valence-electron chi connectivity index (χ1n) is 8.11. The monoisotopic (exact) mass is 367 g/mol. The highest BCUT2D eigenvalue weighted by molar-refractivity contribution is 7.90. The van der Waals surface area contributed by atoms with E-state index in [1.165, 1.54) is 18.0 Å². The van der Waals surface area contributed by atoms with E-state index >= 15 is 0 Å². The van der Waals surface area contributed by atoms with Gasteiger partial charge in [0.1, 0.15) is 11.2 Å². The van der Waals surface area contributed by atoms with E-state index < -0.39 is 9.84 Å². The first-order valence-corrected chi connectivity index (χ1v) is 10.0. The van der Waals surface area contributed by atoms with Gasteiger partial charge in [0.05, 0.1) is 4.90 Å². The van der Waals surface area contributed by atoms with Crippen LogP contribution in [0, 0.1) is 0 Å². The molecule has 0 aliphatic carbocycles. The lowest BCUT2D eigenvalue weighted by molar-refractivity contribution is 0.589. The van der Waals surface area contributed by atoms with Crippen molar-refractivity contribution in [2.24, 2.45) is 4.99 Å². The van der Waals surface area contributed by atoms with E-state index in [2.05, 4.69) is 15.0 Å². The van der Waals surface area contributed by atoms with E-state index in [4.69, 9.17) is 4.42 Å². The maximum atomic E-state index is 11.7. The van der Waals surface area contributed by atoms with Crippen molar-refractivity contribution in [3.8, 4) is 11.1 Å². The zero-order chi connectivity index (χ0) is 18.5. The summed E-state index contributed by atoms with van der Waals surface area (Å²) >= 11 is 0. The van der Waals surface area contributed by atoms with Crippen molar-refractivity contribution >= 4 is 26.6 Å². The van der Waals surface area contributed by atoms with E-state index in [-0.39, 0.29) is 4.90 Å². The Morgan fingerprint density at radius 2 is 1.88 bits per heavy atom. The number of pyridine rings is 1. The lowest BCUT2D eigenvalue weighted by atomic mass is 10.1. The lowest BCUT2D eigenvalue weighted by Crippen LogP contribution is -1.98. The molecule has 7 heteroatoms. The van der Waals surface area contributed by atoms with Crippen molar-refractivity contribution in [1.82, 2.24) is 9.97 Å². The first-order chi connectivity index (χ1) is 12.3. The van der Waals surface area contributed by atoms with Gasteiger partial charge in [-0.15, -0.1) is 0 Å². The second-order valence-electron chi connectivity index (χ2n) is 6.48. The molecule has 26 heavy (non-hydrogen) atoms. The molecule has 1 aliphatic rings. The van der Waals surface area contributed by atoms with Gasteiger partial charge in [-0.1, -0.05) is 6.07 Å². The van der Waals surface area contributed by atoms with Crippen LogP contribution in [0.25, 0.3) is 22.2 Å². The quantitative estimate of drug-likeness (QED) is 0.703. The third-order valence-electron chi connectivity index (χ3n) is 4.46. The molecule has 0 radical (unpaired) electrons. The summed E-state index contributed by atoms with van der Waals surface area (Å²) in [5.74, 6) is 0.524. The number of nitrogens with zero attached hydrogens (tertiary/aromatic N) is 3. The van der Waals surface area contributed by atoms with Crippen LogP contribution in [0.15, 0.2) is 62.2 Å². The third-order valence-corrected chi connectivity index (χ3v) is 5.54. The Morgan fingerprint density at radius 1 is 1.08 bits per heavy atom. The molecule has 132 valence electrons. The summed E-state index contributed by atoms with van der Waals surface area (Å²) in [4.78, 5) is 13.3. The lowest BCUT2D eigenvalue weighted by Gasteiger charge is -2.03. The SMILES string of the molecule is CC1=C(C)N=C(c2nc3ccc(-c4cncc(S(C)(=O)=O)c4)cc3o2)C1. The molecule has 1 aromatic carbocycles. The van der Waals surface area contributed by atoms with Gasteiger partial charge in [-0.05, 0) is 43.2 Å². The van der Waals surface area contributed by atoms with Gasteiger partial charge >= 0.3 is 0 Å². The molecule has 0 spiro atoms. The zero-order valence-corrected chi connectivity index (χ0v) is 15.5. The fourth-order valence-corrected chi connectivity index (χ4v) is 3.44. The van der Waals surface area contributed by atoms with E-state index in [0.29, 0.717) is 17.0 Å². The molecule has 0 bridgehead atoms. The van der Waals surface area contributed by atoms with Crippen LogP contribution in [0.2, 0.25) is 0 Å². The van der Waals surface area contributed by atoms with E-state index in [0.717, 1.165) is 28.9 Å². The standard InChI is InChI=1S/C19H17N3O3S/c1-11-6-17(21-12(11)2)19-22-16-5-4-13(8-18(16)25-19)14-7-15(10-20-9-14)26(3,23)24/h4-5,7-10H,6H2,1-3H3. The van der Waals surface area contributed by atoms with Crippen molar-refractivity contribution in [2.75, 3.05) is 6.26 Å². The van der Waals surface area contributed by atoms with Crippen LogP contribution in [-0.2, 0) is 9.84 Å². The molecular weight excluding hydrogens is 350 g/mol. The summed E-state index contributed by atoms with van der Waals surface area (Å²) < 4.78 is 29.4. The van der Waals surface area contributed by atoms with Crippen LogP contribution in [0.3, 0.4) is 0 Å². The summed E-state index contributed by atoms with van der Waals surface area (Å²) in [6.07, 6.45) is 4.89. The molecule has 3 heterocycles. The Hall–Kier alpha value is -2.80. The topological polar surface area (TPSA) is 85.4 Å². The largest absolute Gasteiger partial charge is 0.435 e. The number of hydrogen-bond acceptors (Lipinski definition) is 6. The average molecular weight is 367 g/mol. The molecule has 3 aromatic rings. The number of aromatic nitrogens is 2. The normalized spacial score (nSPS) is 15.0. The zero-order valence-electron chi connectivity index (χ0n) is 14.6. The summed E-state index contributed by atoms with van der Waals surface area (Å²) in [5.41, 5.74) is 5.95. The molecule has 1 aliphatic heterocycles. The van der Waals surface area contributed by atoms with Crippen LogP contribution < -0.4 is 0 Å². The number of allylic oxidation sites excluding steroid dienone is 2. The van der Waals surface area contributed by atoms with Crippen LogP contribution in [0.1, 0.15) is 26.2 Å². The number of rotatable bonds is 3. The Labute approximate surface area is 151 Å². The van der Waals surface area contributed by atoms with Crippen LogP contribution >= 0.6 is 0 Å². The predicted molar refractivity (Wildman–Crippen MR) is 99.9 cm³/mol. The summed E-state index contributed by atoms with van der Waals surface area (Å²) in [6, 6.07) is 7.19. The van der Waals surface area contributed by atoms with Gasteiger partial charge in [-0.2, -0.15) is 0 Å². The van der Waals surface area contributed by atoms with Gasteiger partial charge in [-0.25, -0.2) is 13.4 Å². The number of fused-ring (bicyclic) bond motifs is 1. The van der Waals surface area contributed by atoms with Gasteiger partial charge < -0.3 is 4.42 Å². The Morgan fingerprint density at radius 3 is 2.58 bits per heavy atom. The molecular formula is C19H17N3O3S. The van der Waals surface area contributed by atoms with Gasteiger partial charge in [0.15, 0.2) is 15.4 Å². The second-order valence-corrected chi connectivity index (χ2v) is 8.50. The fourth-order valence-electron chi connectivity index (χ4n) is 2.85. The number of sulfone groups is 1. The minimum atomic E-state index is -3.31. The third kappa shape index (κ3) is 2.94. The number of benzene rings is 1. The average Bonchev–Trinajstić information content (AvgIpc) is 3.17. The smallest absolute Gasteiger partial charge is 0.242 e. The minimum Gasteiger partial charge on any atom is -0.435 e. The van der Waals surface area contributed by atoms with Gasteiger partial charge in [0.2, 0.25) is 5.89 Å². The highest BCUT2D eigenvalue weighted by atomic mass is 32.2. The van der Waals surface area contributed by atoms with E-state index in [9.17, 15) is 8.42 Å². The maximum absolute atomic E-state index is 11.7. The minimum absolute atomic E-state index is 0.186. The Balaban J connectivity index is 1.74. The molecule has 2 aromatic heterocycles. The number of oxazole rings is 1. The summed E-state index contributed by atoms with van der Waals surface area (Å²) in [5, 5.41) is 0. The Bertz CT molecular complexity index is 1200. The number of hydrogen-bond donors (Lipinski definition) is 0. The predicted octanol–water partition coefficient (Wildman–Crippen LogP) is 3.78. The molecule has 4 rings (SSSR count). The van der Waals surface area contributed by atoms with Crippen LogP contribution in [0.4, 0.5) is 0 Å². The van der Waals surface area contributed by atoms with Crippen LogP contribution in [0.5, 0.6) is 0 Å². The van der Waals surface area contributed by atoms with Gasteiger partial charge in [0, 0.05) is 36.3 Å². The van der Waals surface area contributed by atoms with Crippen molar-refractivity contribution in [2.45, 2.75) is 25.2 Å². The number of aliphatic imine (C=N–C) groups is 1. The highest BCUT2D eigenvalue weighted by Crippen LogP contribution is 2.28. The van der Waals surface area contributed by atoms with Crippen molar-refractivity contribution < 1.29 is 12.8 Å². The molecule has 6 nitrogen and oxygen atoms in total. The first kappa shape index (κ1) is 16.7. The van der Waals surface area contributed by atoms with Gasteiger partial charge in [-0.3, -0.25) is 9.98 Å². The summed E-state index contributed by atoms with van der Waals surface area (Å²) in [6.45, 7) is 4.03. The molecule has 0 N–H and O–H groups in total. The maximum Gasteiger partial charge on any atom is 0.242 e. The molecule has 0 saturated carbocycles. The van der Waals surface area contributed by atoms with Crippen molar-refractivity contribution in [3.63, 3.8) is 0 Å². The van der Waals surface area contributed by atoms with E-state index in [1.807, 2.05) is 32.0 Å². The second kappa shape index (κ2) is 5.88. The van der Waals surface area contributed by atoms with Gasteiger partial charge in [0.25, 0.3) is 0 Å². The molecule has 0 atom stereocenters. The molecule has 0 amide bonds. The van der Waals surface area contributed by atoms with Crippen molar-refractivity contribution in [3.05, 3.63) is 53.8 Å². The highest BCUT2D eigenvalue weighted by Gasteiger charge is 2.19.